The van der Waals surface area contributed by atoms with Gasteiger partial charge in [-0.1, -0.05) is 12.1 Å². The number of halogens is 3. The second kappa shape index (κ2) is 7.87. The van der Waals surface area contributed by atoms with Gasteiger partial charge < -0.3 is 15.0 Å². The number of likely N-dealkylation sites (N-methyl/N-ethyl adjacent to an activating group) is 1. The first-order valence-corrected chi connectivity index (χ1v) is 6.55. The summed E-state index contributed by atoms with van der Waals surface area (Å²) < 4.78 is 41.2. The number of amides is 1. The summed E-state index contributed by atoms with van der Waals surface area (Å²) in [7, 11) is 1.55. The van der Waals surface area contributed by atoms with Crippen molar-refractivity contribution in [1.82, 2.24) is 10.2 Å². The van der Waals surface area contributed by atoms with Gasteiger partial charge in [-0.25, -0.2) is 0 Å². The smallest absolute Gasteiger partial charge is 0.401 e. The number of nitrogens with one attached hydrogen (secondary N) is 1. The molecule has 0 aromatic heterocycles. The predicted octanol–water partition coefficient (Wildman–Crippen LogP) is 2.20. The Kier molecular flexibility index (Phi) is 6.48. The van der Waals surface area contributed by atoms with Gasteiger partial charge in [-0.15, -0.1) is 0 Å². The molecule has 4 nitrogen and oxygen atoms in total. The maximum atomic E-state index is 12.0. The number of nitrogens with zero attached hydrogens (tertiary/aromatic N) is 1. The van der Waals surface area contributed by atoms with Gasteiger partial charge in [0.25, 0.3) is 0 Å². The summed E-state index contributed by atoms with van der Waals surface area (Å²) in [6.07, 6.45) is -4.31. The van der Waals surface area contributed by atoms with Gasteiger partial charge in [0, 0.05) is 13.6 Å². The molecule has 118 valence electrons. The largest absolute Gasteiger partial charge is 0.494 e. The van der Waals surface area contributed by atoms with Crippen LogP contribution in [0.1, 0.15) is 12.5 Å². The molecule has 0 saturated carbocycles. The highest BCUT2D eigenvalue weighted by atomic mass is 19.4. The molecule has 21 heavy (non-hydrogen) atoms. The minimum Gasteiger partial charge on any atom is -0.494 e. The number of hydrogen-bond acceptors (Lipinski definition) is 3. The Bertz CT molecular complexity index is 447. The lowest BCUT2D eigenvalue weighted by Crippen LogP contribution is -2.38. The number of hydrogen-bond donors (Lipinski definition) is 1. The van der Waals surface area contributed by atoms with Crippen molar-refractivity contribution in [3.63, 3.8) is 0 Å². The van der Waals surface area contributed by atoms with Crippen molar-refractivity contribution in [1.29, 1.82) is 0 Å². The second-order valence-corrected chi connectivity index (χ2v) is 4.55. The van der Waals surface area contributed by atoms with Crippen molar-refractivity contribution < 1.29 is 22.7 Å². The lowest BCUT2D eigenvalue weighted by molar-refractivity contribution is -0.133. The zero-order valence-corrected chi connectivity index (χ0v) is 12.0. The summed E-state index contributed by atoms with van der Waals surface area (Å²) >= 11 is 0. The molecule has 0 spiro atoms. The molecule has 1 amide bonds. The summed E-state index contributed by atoms with van der Waals surface area (Å²) in [6.45, 7) is 1.28. The summed E-state index contributed by atoms with van der Waals surface area (Å²) in [5, 5.41) is 2.08. The predicted molar refractivity (Wildman–Crippen MR) is 73.0 cm³/mol. The van der Waals surface area contributed by atoms with Crippen molar-refractivity contribution in [3.8, 4) is 5.75 Å². The normalized spacial score (nSPS) is 11.3. The van der Waals surface area contributed by atoms with Gasteiger partial charge in [0.05, 0.1) is 19.7 Å². The number of ether oxygens (including phenoxy) is 1. The van der Waals surface area contributed by atoms with Crippen molar-refractivity contribution in [2.24, 2.45) is 0 Å². The van der Waals surface area contributed by atoms with Crippen molar-refractivity contribution in [3.05, 3.63) is 29.8 Å². The fourth-order valence-corrected chi connectivity index (χ4v) is 1.67. The van der Waals surface area contributed by atoms with E-state index in [1.165, 1.54) is 4.90 Å². The summed E-state index contributed by atoms with van der Waals surface area (Å²) in [5.41, 5.74) is 0.880. The molecule has 1 rings (SSSR count). The highest BCUT2D eigenvalue weighted by molar-refractivity contribution is 5.77. The quantitative estimate of drug-likeness (QED) is 0.839. The van der Waals surface area contributed by atoms with Gasteiger partial charge >= 0.3 is 6.18 Å². The van der Waals surface area contributed by atoms with Crippen molar-refractivity contribution in [2.45, 2.75) is 19.6 Å². The van der Waals surface area contributed by atoms with Gasteiger partial charge in [0.1, 0.15) is 5.75 Å². The fourth-order valence-electron chi connectivity index (χ4n) is 1.67. The molecule has 0 fully saturated rings. The van der Waals surface area contributed by atoms with Crippen LogP contribution in [0.4, 0.5) is 13.2 Å². The molecule has 0 bridgehead atoms. The van der Waals surface area contributed by atoms with E-state index in [4.69, 9.17) is 4.74 Å². The second-order valence-electron chi connectivity index (χ2n) is 4.55. The van der Waals surface area contributed by atoms with E-state index in [0.717, 1.165) is 11.3 Å². The number of benzene rings is 1. The van der Waals surface area contributed by atoms with Crippen molar-refractivity contribution >= 4 is 5.91 Å². The van der Waals surface area contributed by atoms with Crippen LogP contribution in [0, 0.1) is 0 Å². The van der Waals surface area contributed by atoms with E-state index in [9.17, 15) is 18.0 Å². The average Bonchev–Trinajstić information content (AvgIpc) is 2.39. The molecule has 0 radical (unpaired) electrons. The maximum absolute atomic E-state index is 12.0. The van der Waals surface area contributed by atoms with E-state index in [-0.39, 0.29) is 6.54 Å². The first kappa shape index (κ1) is 17.3. The number of carbonyl (C=O) groups is 1. The number of carbonyl (C=O) groups excluding carboxylic acids is 1. The van der Waals surface area contributed by atoms with Crippen LogP contribution in [0.25, 0.3) is 0 Å². The molecule has 1 aromatic rings. The minimum absolute atomic E-state index is 0.332. The summed E-state index contributed by atoms with van der Waals surface area (Å²) in [4.78, 5) is 13.0. The third-order valence-electron chi connectivity index (χ3n) is 2.68. The Morgan fingerprint density at radius 3 is 2.43 bits per heavy atom. The van der Waals surface area contributed by atoms with Gasteiger partial charge in [0.15, 0.2) is 0 Å². The SMILES string of the molecule is CCOc1ccc(CN(C)C(=O)CNCC(F)(F)F)cc1. The Hall–Kier alpha value is -1.76. The Morgan fingerprint density at radius 2 is 1.90 bits per heavy atom. The first-order valence-electron chi connectivity index (χ1n) is 6.55. The molecular formula is C14H19F3N2O2. The molecule has 0 atom stereocenters. The lowest BCUT2D eigenvalue weighted by atomic mass is 10.2. The lowest BCUT2D eigenvalue weighted by Gasteiger charge is -2.18. The van der Waals surface area contributed by atoms with Crippen LogP contribution >= 0.6 is 0 Å². The monoisotopic (exact) mass is 304 g/mol. The molecule has 1 N–H and O–H groups in total. The van der Waals surface area contributed by atoms with Crippen LogP contribution in [0.5, 0.6) is 5.75 Å². The van der Waals surface area contributed by atoms with Gasteiger partial charge in [0.2, 0.25) is 5.91 Å². The topological polar surface area (TPSA) is 41.6 Å². The molecule has 0 aliphatic heterocycles. The Labute approximate surface area is 121 Å². The third kappa shape index (κ3) is 6.99. The standard InChI is InChI=1S/C14H19F3N2O2/c1-3-21-12-6-4-11(5-7-12)9-19(2)13(20)8-18-10-14(15,16)17/h4-7,18H,3,8-10H2,1-2H3. The van der Waals surface area contributed by atoms with E-state index in [1.807, 2.05) is 19.1 Å². The zero-order chi connectivity index (χ0) is 15.9. The molecule has 0 aliphatic carbocycles. The third-order valence-corrected chi connectivity index (χ3v) is 2.68. The Balaban J connectivity index is 2.41. The summed E-state index contributed by atoms with van der Waals surface area (Å²) in [5.74, 6) is 0.343. The molecule has 1 aromatic carbocycles. The van der Waals surface area contributed by atoms with Crippen LogP contribution in [0.3, 0.4) is 0 Å². The molecule has 0 aliphatic rings. The van der Waals surface area contributed by atoms with Crippen LogP contribution in [0.15, 0.2) is 24.3 Å². The van der Waals surface area contributed by atoms with Crippen LogP contribution in [-0.2, 0) is 11.3 Å². The van der Waals surface area contributed by atoms with Crippen molar-refractivity contribution in [2.75, 3.05) is 26.7 Å². The highest BCUT2D eigenvalue weighted by Crippen LogP contribution is 2.14. The van der Waals surface area contributed by atoms with Crippen LogP contribution in [-0.4, -0.2) is 43.7 Å². The van der Waals surface area contributed by atoms with Gasteiger partial charge in [-0.2, -0.15) is 13.2 Å². The van der Waals surface area contributed by atoms with E-state index in [2.05, 4.69) is 5.32 Å². The first-order chi connectivity index (χ1) is 9.81. The highest BCUT2D eigenvalue weighted by Gasteiger charge is 2.26. The Morgan fingerprint density at radius 1 is 1.29 bits per heavy atom. The molecule has 7 heteroatoms. The molecule has 0 unspecified atom stereocenters. The average molecular weight is 304 g/mol. The number of rotatable bonds is 7. The van der Waals surface area contributed by atoms with Gasteiger partial charge in [-0.3, -0.25) is 4.79 Å². The fraction of sp³-hybridized carbons (Fsp3) is 0.500. The minimum atomic E-state index is -4.31. The van der Waals surface area contributed by atoms with Crippen LogP contribution < -0.4 is 10.1 Å². The molecule has 0 saturated heterocycles. The maximum Gasteiger partial charge on any atom is 0.401 e. The van der Waals surface area contributed by atoms with E-state index < -0.39 is 18.6 Å². The van der Waals surface area contributed by atoms with Crippen LogP contribution in [0.2, 0.25) is 0 Å². The van der Waals surface area contributed by atoms with Gasteiger partial charge in [-0.05, 0) is 24.6 Å². The molecular weight excluding hydrogens is 285 g/mol. The molecule has 0 heterocycles. The number of alkyl halides is 3. The summed E-state index contributed by atoms with van der Waals surface area (Å²) in [6, 6.07) is 7.22. The van der Waals surface area contributed by atoms with E-state index >= 15 is 0 Å². The van der Waals surface area contributed by atoms with E-state index in [1.54, 1.807) is 19.2 Å². The zero-order valence-electron chi connectivity index (χ0n) is 12.0. The van der Waals surface area contributed by atoms with E-state index in [0.29, 0.717) is 13.2 Å².